The summed E-state index contributed by atoms with van der Waals surface area (Å²) in [6.07, 6.45) is 0. The molecule has 64 valence electrons. The molecule has 0 aliphatic heterocycles. The first kappa shape index (κ1) is 9.02. The Balaban J connectivity index is 3.43. The highest BCUT2D eigenvalue weighted by Gasteiger charge is 2.14. The molecule has 0 bridgehead atoms. The van der Waals surface area contributed by atoms with Crippen molar-refractivity contribution in [1.29, 1.82) is 0 Å². The van der Waals surface area contributed by atoms with Crippen LogP contribution in [0.5, 0.6) is 0 Å². The molecule has 0 fully saturated rings. The van der Waals surface area contributed by atoms with E-state index < -0.39 is 20.7 Å². The van der Waals surface area contributed by atoms with Crippen LogP contribution >= 0.6 is 0 Å². The fourth-order valence-electron chi connectivity index (χ4n) is 0.828. The van der Waals surface area contributed by atoms with E-state index in [9.17, 15) is 8.42 Å². The molecule has 1 aromatic rings. The molecule has 4 nitrogen and oxygen atoms in total. The van der Waals surface area contributed by atoms with Crippen LogP contribution in [0.3, 0.4) is 0 Å². The highest BCUT2D eigenvalue weighted by atomic mass is 32.2. The minimum Gasteiger partial charge on any atom is -0.282 e. The van der Waals surface area contributed by atoms with Crippen molar-refractivity contribution in [3.8, 4) is 0 Å². The van der Waals surface area contributed by atoms with Crippen LogP contribution in [0, 0.1) is 6.92 Å². The van der Waals surface area contributed by atoms with Gasteiger partial charge in [-0.15, -0.1) is 5.73 Å². The second-order valence-electron chi connectivity index (χ2n) is 2.45. The van der Waals surface area contributed by atoms with Gasteiger partial charge in [0.25, 0.3) is 10.1 Å². The predicted octanol–water partition coefficient (Wildman–Crippen LogP) is 0.942. The van der Waals surface area contributed by atoms with Gasteiger partial charge >= 0.3 is 0 Å². The maximum Gasteiger partial charge on any atom is 0.296 e. The zero-order valence-corrected chi connectivity index (χ0v) is 7.17. The minimum absolute atomic E-state index is 0.442. The average Bonchev–Trinajstić information content (AvgIpc) is 1.92. The molecule has 2 radical (unpaired) electrons. The quantitative estimate of drug-likeness (QED) is 0.661. The zero-order chi connectivity index (χ0) is 9.35. The topological polar surface area (TPSA) is 76.7 Å². The van der Waals surface area contributed by atoms with Crippen molar-refractivity contribution in [1.82, 2.24) is 5.73 Å². The summed E-state index contributed by atoms with van der Waals surface area (Å²) >= 11 is 0. The van der Waals surface area contributed by atoms with Gasteiger partial charge in [0.2, 0.25) is 0 Å². The van der Waals surface area contributed by atoms with Gasteiger partial charge in [-0.25, -0.2) is 0 Å². The first-order valence-electron chi connectivity index (χ1n) is 3.18. The summed E-state index contributed by atoms with van der Waals surface area (Å²) in [5.41, 5.74) is 9.24. The number of aryl methyl sites for hydroxylation is 1. The third-order valence-electron chi connectivity index (χ3n) is 1.39. The van der Waals surface area contributed by atoms with E-state index in [4.69, 9.17) is 10.3 Å². The number of hydrogen-bond acceptors (Lipinski definition) is 2. The van der Waals surface area contributed by atoms with Gasteiger partial charge in [-0.3, -0.25) is 4.55 Å². The van der Waals surface area contributed by atoms with Crippen molar-refractivity contribution in [2.45, 2.75) is 11.8 Å². The fraction of sp³-hybridized carbons (Fsp3) is 0.143. The molecule has 0 aliphatic carbocycles. The lowest BCUT2D eigenvalue weighted by atomic mass is 10.2. The third kappa shape index (κ3) is 1.75. The van der Waals surface area contributed by atoms with Crippen LogP contribution < -0.4 is 5.73 Å². The molecule has 0 unspecified atom stereocenters. The van der Waals surface area contributed by atoms with Crippen molar-refractivity contribution in [2.75, 3.05) is 0 Å². The number of hydrogen-bond donors (Lipinski definition) is 1. The minimum atomic E-state index is -4.31. The average molecular weight is 185 g/mol. The molecule has 1 aromatic carbocycles. The highest BCUT2D eigenvalue weighted by molar-refractivity contribution is 7.86. The molecule has 12 heavy (non-hydrogen) atoms. The summed E-state index contributed by atoms with van der Waals surface area (Å²) in [6, 6.07) is 3.97. The Labute approximate surface area is 70.8 Å². The molecule has 0 saturated heterocycles. The van der Waals surface area contributed by atoms with E-state index in [0.717, 1.165) is 0 Å². The van der Waals surface area contributed by atoms with E-state index in [1.165, 1.54) is 12.1 Å². The van der Waals surface area contributed by atoms with Crippen LogP contribution in [0.25, 0.3) is 0 Å². The van der Waals surface area contributed by atoms with Crippen LogP contribution in [0.2, 0.25) is 0 Å². The van der Waals surface area contributed by atoms with Crippen LogP contribution in [-0.2, 0) is 10.1 Å². The summed E-state index contributed by atoms with van der Waals surface area (Å²) in [5.74, 6) is 0. The second kappa shape index (κ2) is 2.76. The first-order valence-corrected chi connectivity index (χ1v) is 4.62. The first-order chi connectivity index (χ1) is 5.41. The van der Waals surface area contributed by atoms with Gasteiger partial charge in [-0.05, 0) is 24.6 Å². The molecule has 1 N–H and O–H groups in total. The van der Waals surface area contributed by atoms with Crippen molar-refractivity contribution < 1.29 is 13.0 Å². The van der Waals surface area contributed by atoms with Crippen molar-refractivity contribution in [2.24, 2.45) is 0 Å². The smallest absolute Gasteiger partial charge is 0.282 e. The van der Waals surface area contributed by atoms with Gasteiger partial charge in [-0.2, -0.15) is 8.42 Å². The number of benzene rings is 1. The van der Waals surface area contributed by atoms with Crippen LogP contribution in [-0.4, -0.2) is 13.0 Å². The summed E-state index contributed by atoms with van der Waals surface area (Å²) in [5, 5.41) is 0. The highest BCUT2D eigenvalue weighted by Crippen LogP contribution is 2.19. The molecule has 5 heteroatoms. The Hall–Kier alpha value is -1.07. The second-order valence-corrected chi connectivity index (χ2v) is 3.84. The molecule has 0 atom stereocenters. The van der Waals surface area contributed by atoms with E-state index >= 15 is 0 Å². The van der Waals surface area contributed by atoms with Gasteiger partial charge in [0.1, 0.15) is 10.6 Å². The molecule has 0 heterocycles. The van der Waals surface area contributed by atoms with E-state index in [2.05, 4.69) is 0 Å². The van der Waals surface area contributed by atoms with E-state index in [1.807, 2.05) is 0 Å². The Kier molecular flexibility index (Phi) is 2.08. The Morgan fingerprint density at radius 1 is 1.42 bits per heavy atom. The van der Waals surface area contributed by atoms with Crippen molar-refractivity contribution in [3.05, 3.63) is 23.8 Å². The maximum absolute atomic E-state index is 10.6. The summed E-state index contributed by atoms with van der Waals surface area (Å²) in [4.78, 5) is -0.456. The SMILES string of the molecule is Cc1ccc([N])c(S(=O)(=O)O)c1. The third-order valence-corrected chi connectivity index (χ3v) is 2.28. The Bertz CT molecular complexity index is 397. The molecule has 0 saturated carbocycles. The number of rotatable bonds is 1. The monoisotopic (exact) mass is 185 g/mol. The summed E-state index contributed by atoms with van der Waals surface area (Å²) in [6.45, 7) is 1.66. The Morgan fingerprint density at radius 2 is 2.00 bits per heavy atom. The summed E-state index contributed by atoms with van der Waals surface area (Å²) in [7, 11) is -4.31. The fourth-order valence-corrected chi connectivity index (χ4v) is 1.50. The molecule has 0 amide bonds. The number of nitrogens with zero attached hydrogens (tertiary/aromatic N) is 1. The normalized spacial score (nSPS) is 11.5. The van der Waals surface area contributed by atoms with E-state index in [-0.39, 0.29) is 0 Å². The molecular formula is C7H7NO3S. The standard InChI is InChI=1S/C7H7NO3S/c1-5-2-3-6(8)7(4-5)12(9,10)11/h2-4H,1H3,(H,9,10,11). The van der Waals surface area contributed by atoms with Crippen LogP contribution in [0.4, 0.5) is 5.69 Å². The van der Waals surface area contributed by atoms with Crippen LogP contribution in [0.1, 0.15) is 5.56 Å². The summed E-state index contributed by atoms with van der Waals surface area (Å²) < 4.78 is 29.8. The lowest BCUT2D eigenvalue weighted by Crippen LogP contribution is -1.99. The molecular weight excluding hydrogens is 178 g/mol. The predicted molar refractivity (Wildman–Crippen MR) is 42.8 cm³/mol. The van der Waals surface area contributed by atoms with Crippen LogP contribution in [0.15, 0.2) is 23.1 Å². The molecule has 1 rings (SSSR count). The lowest BCUT2D eigenvalue weighted by Gasteiger charge is -1.99. The lowest BCUT2D eigenvalue weighted by molar-refractivity contribution is 0.483. The van der Waals surface area contributed by atoms with Crippen molar-refractivity contribution in [3.63, 3.8) is 0 Å². The Morgan fingerprint density at radius 3 is 2.42 bits per heavy atom. The zero-order valence-electron chi connectivity index (χ0n) is 6.35. The largest absolute Gasteiger partial charge is 0.296 e. The van der Waals surface area contributed by atoms with Crippen molar-refractivity contribution >= 4 is 15.8 Å². The van der Waals surface area contributed by atoms with Gasteiger partial charge in [0, 0.05) is 0 Å². The molecule has 0 aromatic heterocycles. The van der Waals surface area contributed by atoms with Gasteiger partial charge < -0.3 is 0 Å². The van der Waals surface area contributed by atoms with E-state index in [0.29, 0.717) is 5.56 Å². The van der Waals surface area contributed by atoms with Gasteiger partial charge in [0.15, 0.2) is 0 Å². The van der Waals surface area contributed by atoms with Gasteiger partial charge in [0.05, 0.1) is 0 Å². The molecule has 0 aliphatic rings. The maximum atomic E-state index is 10.6. The molecule has 0 spiro atoms. The van der Waals surface area contributed by atoms with Gasteiger partial charge in [-0.1, -0.05) is 6.07 Å². The van der Waals surface area contributed by atoms with E-state index in [1.54, 1.807) is 13.0 Å².